The van der Waals surface area contributed by atoms with Gasteiger partial charge < -0.3 is 10.1 Å². The van der Waals surface area contributed by atoms with E-state index >= 15 is 0 Å². The minimum Gasteiger partial charge on any atom is -0.466 e. The fourth-order valence-electron chi connectivity index (χ4n) is 4.06. The molecule has 32 heavy (non-hydrogen) atoms. The quantitative estimate of drug-likeness (QED) is 0.537. The molecule has 7 nitrogen and oxygen atoms in total. The third-order valence-corrected chi connectivity index (χ3v) is 7.02. The Bertz CT molecular complexity index is 1520. The summed E-state index contributed by atoms with van der Waals surface area (Å²) in [4.78, 5) is 44.2. The summed E-state index contributed by atoms with van der Waals surface area (Å²) in [7, 11) is 1.30. The number of amides is 1. The van der Waals surface area contributed by atoms with Gasteiger partial charge in [0, 0.05) is 15.7 Å². The number of ether oxygens (including phenoxy) is 1. The van der Waals surface area contributed by atoms with Crippen molar-refractivity contribution in [1.29, 1.82) is 0 Å². The number of carbonyl (C=O) groups excluding carboxylic acids is 2. The van der Waals surface area contributed by atoms with Gasteiger partial charge in [-0.15, -0.1) is 0 Å². The average Bonchev–Trinajstić information content (AvgIpc) is 3.27. The van der Waals surface area contributed by atoms with Crippen LogP contribution in [0.1, 0.15) is 24.1 Å². The van der Waals surface area contributed by atoms with Gasteiger partial charge in [0.25, 0.3) is 11.5 Å². The topological polar surface area (TPSA) is 89.8 Å². The molecule has 2 aliphatic rings. The number of aromatic nitrogens is 1. The molecule has 1 amide bonds. The Morgan fingerprint density at radius 2 is 1.94 bits per heavy atom. The van der Waals surface area contributed by atoms with Gasteiger partial charge in [-0.1, -0.05) is 57.6 Å². The lowest BCUT2D eigenvalue weighted by Gasteiger charge is -2.24. The molecule has 9 heteroatoms. The standard InChI is InChI=1S/C23H16BrN3O4S/c1-11-16(22(30)31-2)18(12-6-4-3-5-7-12)27-21(29)19(32-23(27)25-11)17-14-10-13(24)8-9-15(14)26-20(17)28/h3-10,18H,1-2H3,(H,26,28)/b19-17+/t18-/m1/s1. The highest BCUT2D eigenvalue weighted by molar-refractivity contribution is 9.10. The molecule has 0 unspecified atom stereocenters. The maximum absolute atomic E-state index is 13.7. The maximum Gasteiger partial charge on any atom is 0.338 e. The number of hydrogen-bond donors (Lipinski definition) is 1. The number of fused-ring (bicyclic) bond motifs is 2. The zero-order valence-corrected chi connectivity index (χ0v) is 19.4. The number of carbonyl (C=O) groups is 2. The van der Waals surface area contributed by atoms with Crippen LogP contribution in [0.5, 0.6) is 0 Å². The molecule has 2 aromatic carbocycles. The third-order valence-electron chi connectivity index (χ3n) is 5.47. The van der Waals surface area contributed by atoms with Gasteiger partial charge in [0.15, 0.2) is 4.80 Å². The molecule has 2 aliphatic heterocycles. The molecular weight excluding hydrogens is 494 g/mol. The van der Waals surface area contributed by atoms with Crippen LogP contribution in [0.3, 0.4) is 0 Å². The highest BCUT2D eigenvalue weighted by Gasteiger charge is 2.34. The van der Waals surface area contributed by atoms with E-state index in [1.165, 1.54) is 11.7 Å². The van der Waals surface area contributed by atoms with E-state index in [4.69, 9.17) is 4.74 Å². The predicted octanol–water partition coefficient (Wildman–Crippen LogP) is 2.49. The van der Waals surface area contributed by atoms with E-state index in [1.54, 1.807) is 19.1 Å². The fraction of sp³-hybridized carbons (Fsp3) is 0.130. The Balaban J connectivity index is 1.85. The second-order valence-corrected chi connectivity index (χ2v) is 9.22. The Labute approximate surface area is 194 Å². The average molecular weight is 510 g/mol. The molecule has 0 radical (unpaired) electrons. The van der Waals surface area contributed by atoms with E-state index in [1.807, 2.05) is 36.4 Å². The lowest BCUT2D eigenvalue weighted by molar-refractivity contribution is -0.136. The molecular formula is C23H16BrN3O4S. The molecule has 1 N–H and O–H groups in total. The lowest BCUT2D eigenvalue weighted by atomic mass is 9.96. The molecule has 160 valence electrons. The smallest absolute Gasteiger partial charge is 0.338 e. The zero-order valence-electron chi connectivity index (χ0n) is 17.0. The van der Waals surface area contributed by atoms with Crippen molar-refractivity contribution in [3.8, 4) is 0 Å². The molecule has 3 aromatic rings. The monoisotopic (exact) mass is 509 g/mol. The van der Waals surface area contributed by atoms with Crippen molar-refractivity contribution >= 4 is 50.4 Å². The number of nitrogens with zero attached hydrogens (tertiary/aromatic N) is 2. The number of anilines is 1. The highest BCUT2D eigenvalue weighted by atomic mass is 79.9. The SMILES string of the molecule is COC(=O)C1=C(C)N=c2s/c(=C3/C(=O)Nc4ccc(Br)cc43)c(=O)n2[C@@H]1c1ccccc1. The zero-order chi connectivity index (χ0) is 22.6. The Morgan fingerprint density at radius 3 is 2.66 bits per heavy atom. The van der Waals surface area contributed by atoms with Crippen LogP contribution in [0.2, 0.25) is 0 Å². The number of esters is 1. The number of allylic oxidation sites excluding steroid dienone is 1. The third kappa shape index (κ3) is 3.08. The molecule has 0 saturated heterocycles. The number of thiazole rings is 1. The largest absolute Gasteiger partial charge is 0.466 e. The van der Waals surface area contributed by atoms with Crippen molar-refractivity contribution < 1.29 is 14.3 Å². The molecule has 0 fully saturated rings. The number of methoxy groups -OCH3 is 1. The number of benzene rings is 2. The van der Waals surface area contributed by atoms with Gasteiger partial charge in [0.2, 0.25) is 0 Å². The number of nitrogens with one attached hydrogen (secondary N) is 1. The molecule has 0 aliphatic carbocycles. The fourth-order valence-corrected chi connectivity index (χ4v) is 5.56. The first kappa shape index (κ1) is 20.6. The summed E-state index contributed by atoms with van der Waals surface area (Å²) in [5, 5.41) is 2.82. The van der Waals surface area contributed by atoms with E-state index in [2.05, 4.69) is 26.2 Å². The molecule has 1 aromatic heterocycles. The maximum atomic E-state index is 13.7. The van der Waals surface area contributed by atoms with Crippen molar-refractivity contribution in [1.82, 2.24) is 4.57 Å². The summed E-state index contributed by atoms with van der Waals surface area (Å²) in [6.07, 6.45) is 0. The van der Waals surface area contributed by atoms with Gasteiger partial charge >= 0.3 is 5.97 Å². The van der Waals surface area contributed by atoms with Gasteiger partial charge in [-0.2, -0.15) is 0 Å². The van der Waals surface area contributed by atoms with E-state index in [-0.39, 0.29) is 16.0 Å². The minimum absolute atomic E-state index is 0.276. The first-order valence-corrected chi connectivity index (χ1v) is 11.3. The van der Waals surface area contributed by atoms with Gasteiger partial charge in [0.1, 0.15) is 4.53 Å². The normalized spacial score (nSPS) is 18.6. The van der Waals surface area contributed by atoms with E-state index in [0.29, 0.717) is 32.9 Å². The summed E-state index contributed by atoms with van der Waals surface area (Å²) in [5.41, 5.74) is 2.73. The molecule has 5 rings (SSSR count). The lowest BCUT2D eigenvalue weighted by Crippen LogP contribution is -2.40. The number of hydrogen-bond acceptors (Lipinski definition) is 6. The van der Waals surface area contributed by atoms with Gasteiger partial charge in [0.05, 0.1) is 30.0 Å². The van der Waals surface area contributed by atoms with Crippen molar-refractivity contribution in [2.24, 2.45) is 4.99 Å². The van der Waals surface area contributed by atoms with Crippen LogP contribution in [0.15, 0.2) is 74.1 Å². The second kappa shape index (κ2) is 7.68. The van der Waals surface area contributed by atoms with Crippen molar-refractivity contribution in [2.45, 2.75) is 13.0 Å². The van der Waals surface area contributed by atoms with Crippen LogP contribution >= 0.6 is 27.3 Å². The van der Waals surface area contributed by atoms with Crippen molar-refractivity contribution in [2.75, 3.05) is 12.4 Å². The Morgan fingerprint density at radius 1 is 1.19 bits per heavy atom. The van der Waals surface area contributed by atoms with Crippen LogP contribution in [0.25, 0.3) is 5.57 Å². The number of halogens is 1. The van der Waals surface area contributed by atoms with E-state index in [9.17, 15) is 14.4 Å². The first-order chi connectivity index (χ1) is 15.4. The molecule has 0 bridgehead atoms. The summed E-state index contributed by atoms with van der Waals surface area (Å²) in [6.45, 7) is 1.72. The summed E-state index contributed by atoms with van der Waals surface area (Å²) < 4.78 is 7.56. The van der Waals surface area contributed by atoms with E-state index in [0.717, 1.165) is 21.4 Å². The van der Waals surface area contributed by atoms with Crippen LogP contribution < -0.4 is 20.2 Å². The Hall–Kier alpha value is -3.30. The highest BCUT2D eigenvalue weighted by Crippen LogP contribution is 2.33. The Kier molecular flexibility index (Phi) is 4.94. The van der Waals surface area contributed by atoms with Gasteiger partial charge in [-0.05, 0) is 30.7 Å². The van der Waals surface area contributed by atoms with Crippen molar-refractivity contribution in [3.05, 3.63) is 95.1 Å². The molecule has 3 heterocycles. The first-order valence-electron chi connectivity index (χ1n) is 9.70. The van der Waals surface area contributed by atoms with E-state index < -0.39 is 12.0 Å². The molecule has 0 saturated carbocycles. The number of rotatable bonds is 2. The van der Waals surface area contributed by atoms with Crippen molar-refractivity contribution in [3.63, 3.8) is 0 Å². The summed E-state index contributed by atoms with van der Waals surface area (Å²) in [5.74, 6) is -0.894. The molecule has 1 atom stereocenters. The van der Waals surface area contributed by atoms with Gasteiger partial charge in [-0.25, -0.2) is 9.79 Å². The van der Waals surface area contributed by atoms with Crippen LogP contribution in [0, 0.1) is 0 Å². The predicted molar refractivity (Wildman–Crippen MR) is 124 cm³/mol. The molecule has 0 spiro atoms. The second-order valence-electron chi connectivity index (χ2n) is 7.32. The van der Waals surface area contributed by atoms with Gasteiger partial charge in [-0.3, -0.25) is 14.2 Å². The van der Waals surface area contributed by atoms with Crippen LogP contribution in [-0.4, -0.2) is 23.6 Å². The minimum atomic E-state index is -0.708. The van der Waals surface area contributed by atoms with Crippen LogP contribution in [-0.2, 0) is 14.3 Å². The summed E-state index contributed by atoms with van der Waals surface area (Å²) >= 11 is 4.57. The van der Waals surface area contributed by atoms with Crippen LogP contribution in [0.4, 0.5) is 5.69 Å². The summed E-state index contributed by atoms with van der Waals surface area (Å²) in [6, 6.07) is 14.0.